The van der Waals surface area contributed by atoms with Crippen LogP contribution >= 0.6 is 15.9 Å². The van der Waals surface area contributed by atoms with E-state index in [0.29, 0.717) is 17.9 Å². The molecule has 0 heterocycles. The molecule has 1 N–H and O–H groups in total. The summed E-state index contributed by atoms with van der Waals surface area (Å²) in [5.41, 5.74) is 3.64. The number of nitrogens with one attached hydrogen (secondary N) is 1. The summed E-state index contributed by atoms with van der Waals surface area (Å²) in [5, 5.41) is 3.06. The normalized spacial score (nSPS) is 12.5. The largest absolute Gasteiger partial charge is 0.493 e. The van der Waals surface area contributed by atoms with Crippen molar-refractivity contribution in [2.24, 2.45) is 0 Å². The number of carbonyl (C=O) groups excluding carboxylic acids is 2. The van der Waals surface area contributed by atoms with E-state index in [2.05, 4.69) is 21.2 Å². The number of hydrogen-bond acceptors (Lipinski definition) is 6. The fourth-order valence-electron chi connectivity index (χ4n) is 5.51. The van der Waals surface area contributed by atoms with E-state index in [1.807, 2.05) is 88.4 Å². The van der Waals surface area contributed by atoms with Gasteiger partial charge in [0.25, 0.3) is 10.0 Å². The summed E-state index contributed by atoms with van der Waals surface area (Å²) in [6, 6.07) is 25.6. The van der Waals surface area contributed by atoms with Crippen molar-refractivity contribution in [1.29, 1.82) is 0 Å². The van der Waals surface area contributed by atoms with E-state index in [4.69, 9.17) is 9.47 Å². The Bertz CT molecular complexity index is 1830. The van der Waals surface area contributed by atoms with Crippen LogP contribution < -0.4 is 19.1 Å². The van der Waals surface area contributed by atoms with Gasteiger partial charge in [0.15, 0.2) is 11.5 Å². The molecule has 0 saturated heterocycles. The highest BCUT2D eigenvalue weighted by Crippen LogP contribution is 2.33. The summed E-state index contributed by atoms with van der Waals surface area (Å²) in [4.78, 5) is 30.2. The van der Waals surface area contributed by atoms with E-state index in [0.717, 1.165) is 31.0 Å². The minimum atomic E-state index is -4.34. The quantitative estimate of drug-likeness (QED) is 0.143. The molecule has 0 aliphatic carbocycles. The first-order valence-electron chi connectivity index (χ1n) is 16.1. The molecule has 4 aromatic rings. The molecule has 2 atom stereocenters. The van der Waals surface area contributed by atoms with Crippen LogP contribution in [0.3, 0.4) is 0 Å². The Hall–Kier alpha value is -4.35. The molecule has 0 unspecified atom stereocenters. The SMILES string of the molecule is CC[C@H](C)NC(=O)[C@H](Cc1ccccc1)N(Cc1ccc(Br)cc1)C(=O)CN(c1cc(C)cc(C)c1)S(=O)(=O)c1ccc(OC)c(OC)c1. The lowest BCUT2D eigenvalue weighted by molar-refractivity contribution is -0.140. The standard InChI is InChI=1S/C38H44BrN3O6S/c1-7-28(4)40-38(44)34(22-29-11-9-8-10-12-29)41(24-30-13-15-31(39)16-14-30)37(43)25-42(32-20-26(2)19-27(3)21-32)49(45,46)33-17-18-35(47-5)36(23-33)48-6/h8-21,23,28,34H,7,22,24-25H2,1-6H3,(H,40,44)/t28-,34-/m0/s1. The maximum atomic E-state index is 14.7. The van der Waals surface area contributed by atoms with Gasteiger partial charge in [-0.25, -0.2) is 8.42 Å². The molecular formula is C38H44BrN3O6S. The van der Waals surface area contributed by atoms with Crippen LogP contribution in [0.1, 0.15) is 42.5 Å². The number of anilines is 1. The number of hydrogen-bond donors (Lipinski definition) is 1. The van der Waals surface area contributed by atoms with Crippen molar-refractivity contribution in [3.63, 3.8) is 0 Å². The molecule has 0 bridgehead atoms. The molecule has 0 radical (unpaired) electrons. The van der Waals surface area contributed by atoms with Gasteiger partial charge in [-0.3, -0.25) is 13.9 Å². The first-order chi connectivity index (χ1) is 23.4. The van der Waals surface area contributed by atoms with Gasteiger partial charge < -0.3 is 19.7 Å². The van der Waals surface area contributed by atoms with Crippen LogP contribution in [0.5, 0.6) is 11.5 Å². The van der Waals surface area contributed by atoms with Crippen LogP contribution in [0.4, 0.5) is 5.69 Å². The van der Waals surface area contributed by atoms with Crippen LogP contribution in [0.25, 0.3) is 0 Å². The maximum absolute atomic E-state index is 14.7. The van der Waals surface area contributed by atoms with Crippen LogP contribution in [0, 0.1) is 13.8 Å². The topological polar surface area (TPSA) is 105 Å². The summed E-state index contributed by atoms with van der Waals surface area (Å²) in [5.74, 6) is -0.250. The van der Waals surface area contributed by atoms with Crippen molar-refractivity contribution < 1.29 is 27.5 Å². The molecular weight excluding hydrogens is 706 g/mol. The highest BCUT2D eigenvalue weighted by Gasteiger charge is 2.35. The number of halogens is 1. The van der Waals surface area contributed by atoms with E-state index in [9.17, 15) is 18.0 Å². The van der Waals surface area contributed by atoms with Crippen molar-refractivity contribution >= 4 is 43.5 Å². The van der Waals surface area contributed by atoms with Gasteiger partial charge in [0.1, 0.15) is 12.6 Å². The van der Waals surface area contributed by atoms with E-state index < -0.39 is 28.5 Å². The van der Waals surface area contributed by atoms with Gasteiger partial charge in [0, 0.05) is 29.5 Å². The number of sulfonamides is 1. The minimum Gasteiger partial charge on any atom is -0.493 e. The molecule has 49 heavy (non-hydrogen) atoms. The Morgan fingerprint density at radius 1 is 0.837 bits per heavy atom. The Morgan fingerprint density at radius 3 is 2.06 bits per heavy atom. The zero-order chi connectivity index (χ0) is 35.7. The summed E-state index contributed by atoms with van der Waals surface area (Å²) in [7, 11) is -1.44. The second-order valence-corrected chi connectivity index (χ2v) is 14.8. The zero-order valence-electron chi connectivity index (χ0n) is 28.8. The van der Waals surface area contributed by atoms with E-state index in [1.165, 1.54) is 37.3 Å². The monoisotopic (exact) mass is 749 g/mol. The lowest BCUT2D eigenvalue weighted by atomic mass is 10.0. The average Bonchev–Trinajstić information content (AvgIpc) is 3.08. The second-order valence-electron chi connectivity index (χ2n) is 12.0. The van der Waals surface area contributed by atoms with Crippen molar-refractivity contribution in [1.82, 2.24) is 10.2 Å². The average molecular weight is 751 g/mol. The predicted octanol–water partition coefficient (Wildman–Crippen LogP) is 6.83. The van der Waals surface area contributed by atoms with Gasteiger partial charge in [0.05, 0.1) is 24.8 Å². The molecule has 4 rings (SSSR count). The molecule has 0 spiro atoms. The third-order valence-corrected chi connectivity index (χ3v) is 10.6. The van der Waals surface area contributed by atoms with Gasteiger partial charge >= 0.3 is 0 Å². The number of amides is 2. The number of carbonyl (C=O) groups is 2. The number of benzene rings is 4. The highest BCUT2D eigenvalue weighted by molar-refractivity contribution is 9.10. The molecule has 260 valence electrons. The molecule has 0 aliphatic heterocycles. The highest BCUT2D eigenvalue weighted by atomic mass is 79.9. The Morgan fingerprint density at radius 2 is 1.47 bits per heavy atom. The van der Waals surface area contributed by atoms with Gasteiger partial charge in [-0.15, -0.1) is 0 Å². The van der Waals surface area contributed by atoms with E-state index in [1.54, 1.807) is 12.1 Å². The Labute approximate surface area is 298 Å². The molecule has 9 nitrogen and oxygen atoms in total. The van der Waals surface area contributed by atoms with Crippen LogP contribution in [-0.4, -0.2) is 58.0 Å². The number of aryl methyl sites for hydroxylation is 2. The fraction of sp³-hybridized carbons (Fsp3) is 0.316. The maximum Gasteiger partial charge on any atom is 0.264 e. The zero-order valence-corrected chi connectivity index (χ0v) is 31.2. The third kappa shape index (κ3) is 9.64. The molecule has 0 aromatic heterocycles. The molecule has 0 saturated carbocycles. The van der Waals surface area contributed by atoms with Gasteiger partial charge in [-0.1, -0.05) is 71.4 Å². The smallest absolute Gasteiger partial charge is 0.264 e. The minimum absolute atomic E-state index is 0.0769. The van der Waals surface area contributed by atoms with Crippen LogP contribution in [0.15, 0.2) is 100 Å². The first-order valence-corrected chi connectivity index (χ1v) is 18.3. The second kappa shape index (κ2) is 16.8. The van der Waals surface area contributed by atoms with E-state index in [-0.39, 0.29) is 35.6 Å². The van der Waals surface area contributed by atoms with Crippen LogP contribution in [0.2, 0.25) is 0 Å². The number of ether oxygens (including phenoxy) is 2. The lowest BCUT2D eigenvalue weighted by Gasteiger charge is -2.34. The summed E-state index contributed by atoms with van der Waals surface area (Å²) < 4.78 is 41.8. The lowest BCUT2D eigenvalue weighted by Crippen LogP contribution is -2.54. The van der Waals surface area contributed by atoms with E-state index >= 15 is 0 Å². The Balaban J connectivity index is 1.85. The number of rotatable bonds is 15. The van der Waals surface area contributed by atoms with Crippen molar-refractivity contribution in [2.45, 2.75) is 64.1 Å². The summed E-state index contributed by atoms with van der Waals surface area (Å²) in [6.45, 7) is 7.15. The summed E-state index contributed by atoms with van der Waals surface area (Å²) in [6.07, 6.45) is 0.936. The van der Waals surface area contributed by atoms with Crippen molar-refractivity contribution in [3.05, 3.63) is 118 Å². The first kappa shape index (κ1) is 37.5. The molecule has 0 fully saturated rings. The number of nitrogens with zero attached hydrogens (tertiary/aromatic N) is 2. The van der Waals surface area contributed by atoms with Crippen LogP contribution in [-0.2, 0) is 32.6 Å². The predicted molar refractivity (Wildman–Crippen MR) is 197 cm³/mol. The molecule has 2 amide bonds. The van der Waals surface area contributed by atoms with Crippen molar-refractivity contribution in [3.8, 4) is 11.5 Å². The molecule has 0 aliphatic rings. The Kier molecular flexibility index (Phi) is 12.9. The third-order valence-electron chi connectivity index (χ3n) is 8.25. The molecule has 11 heteroatoms. The van der Waals surface area contributed by atoms with Gasteiger partial charge in [-0.2, -0.15) is 0 Å². The van der Waals surface area contributed by atoms with Gasteiger partial charge in [-0.05, 0) is 85.8 Å². The molecule has 4 aromatic carbocycles. The summed E-state index contributed by atoms with van der Waals surface area (Å²) >= 11 is 3.47. The number of methoxy groups -OCH3 is 2. The van der Waals surface area contributed by atoms with Crippen molar-refractivity contribution in [2.75, 3.05) is 25.1 Å². The van der Waals surface area contributed by atoms with Gasteiger partial charge in [0.2, 0.25) is 11.8 Å². The fourth-order valence-corrected chi connectivity index (χ4v) is 7.19.